The predicted molar refractivity (Wildman–Crippen MR) is 252 cm³/mol. The zero-order valence-electron chi connectivity index (χ0n) is 36.9. The summed E-state index contributed by atoms with van der Waals surface area (Å²) in [5.41, 5.74) is 0. The molecule has 6 aliphatic carbocycles. The van der Waals surface area contributed by atoms with E-state index in [1.54, 1.807) is 64.2 Å². The molecule has 6 nitrogen and oxygen atoms in total. The minimum atomic E-state index is -0.792. The van der Waals surface area contributed by atoms with Crippen molar-refractivity contribution in [3.8, 4) is 0 Å². The third kappa shape index (κ3) is 24.5. The minimum Gasteiger partial charge on any atom is -0.481 e. The molecule has 0 spiro atoms. The van der Waals surface area contributed by atoms with Crippen molar-refractivity contribution in [2.45, 2.75) is 227 Å². The molecule has 4 unspecified atom stereocenters. The van der Waals surface area contributed by atoms with Gasteiger partial charge in [0, 0.05) is 37.5 Å². The summed E-state index contributed by atoms with van der Waals surface area (Å²) in [5.74, 6) is 3.38. The molecule has 0 aromatic heterocycles. The van der Waals surface area contributed by atoms with Crippen molar-refractivity contribution in [2.24, 2.45) is 47.3 Å². The van der Waals surface area contributed by atoms with E-state index in [4.69, 9.17) is 10.2 Å². The van der Waals surface area contributed by atoms with Crippen LogP contribution in [0.3, 0.4) is 0 Å². The number of carbonyl (C=O) groups excluding carboxylic acids is 2. The predicted octanol–water partition coefficient (Wildman–Crippen LogP) is 15.4. The van der Waals surface area contributed by atoms with E-state index in [-0.39, 0.29) is 80.3 Å². The molecule has 6 saturated carbocycles. The van der Waals surface area contributed by atoms with Gasteiger partial charge in [0.05, 0.1) is 0 Å². The topological polar surface area (TPSA) is 109 Å². The number of ketones is 2. The molecule has 0 amide bonds. The minimum absolute atomic E-state index is 0. The Morgan fingerprint density at radius 3 is 0.983 bits per heavy atom. The third-order valence-electron chi connectivity index (χ3n) is 14.2. The normalized spacial score (nSPS) is 25.6. The summed E-state index contributed by atoms with van der Waals surface area (Å²) in [6.45, 7) is 4.09. The molecule has 0 aromatic rings. The van der Waals surface area contributed by atoms with Crippen LogP contribution in [0.5, 0.6) is 0 Å². The fourth-order valence-electron chi connectivity index (χ4n) is 11.0. The van der Waals surface area contributed by atoms with Gasteiger partial charge in [0.1, 0.15) is 11.6 Å². The molecular weight excluding hydrogens is 779 g/mol. The van der Waals surface area contributed by atoms with Gasteiger partial charge in [-0.05, 0) is 86.9 Å². The monoisotopic (exact) mass is 869 g/mol. The molecule has 0 radical (unpaired) electrons. The first-order valence-electron chi connectivity index (χ1n) is 24.0. The van der Waals surface area contributed by atoms with Crippen molar-refractivity contribution >= 4 is 48.3 Å². The van der Waals surface area contributed by atoms with Gasteiger partial charge in [-0.2, -0.15) is 0 Å². The third-order valence-corrected chi connectivity index (χ3v) is 14.2. The second-order valence-corrected chi connectivity index (χ2v) is 18.7. The Balaban J connectivity index is 0.000000748. The summed E-state index contributed by atoms with van der Waals surface area (Å²) in [7, 11) is 0. The molecule has 6 fully saturated rings. The van der Waals surface area contributed by atoms with E-state index in [0.29, 0.717) is 25.7 Å². The van der Waals surface area contributed by atoms with Gasteiger partial charge in [0.15, 0.2) is 0 Å². The lowest BCUT2D eigenvalue weighted by molar-refractivity contribution is -0.139. The number of hydrogen-bond acceptors (Lipinski definition) is 4. The number of allylic oxidation sites excluding steroid dienone is 4. The van der Waals surface area contributed by atoms with Gasteiger partial charge >= 0.3 is 11.9 Å². The summed E-state index contributed by atoms with van der Waals surface area (Å²) in [4.78, 5) is 44.3. The highest BCUT2D eigenvalue weighted by atomic mass is 35.5. The van der Waals surface area contributed by atoms with E-state index < -0.39 is 11.9 Å². The highest BCUT2D eigenvalue weighted by Crippen LogP contribution is 2.37. The Hall–Kier alpha value is -1.66. The van der Waals surface area contributed by atoms with Crippen LogP contribution in [-0.4, -0.2) is 33.7 Å². The van der Waals surface area contributed by atoms with Crippen LogP contribution in [0.1, 0.15) is 227 Å². The van der Waals surface area contributed by atoms with Gasteiger partial charge in [0.25, 0.3) is 0 Å². The first kappa shape index (κ1) is 57.3. The molecule has 6 aliphatic rings. The Labute approximate surface area is 374 Å². The van der Waals surface area contributed by atoms with Crippen LogP contribution in [0.25, 0.3) is 0 Å². The molecule has 344 valence electrons. The average Bonchev–Trinajstić information content (AvgIpc) is 3.73. The molecule has 4 atom stereocenters. The Morgan fingerprint density at radius 2 is 0.746 bits per heavy atom. The number of hydrogen-bond donors (Lipinski definition) is 2. The van der Waals surface area contributed by atoms with Gasteiger partial charge in [-0.25, -0.2) is 0 Å². The van der Waals surface area contributed by atoms with E-state index in [0.717, 1.165) is 49.4 Å². The van der Waals surface area contributed by atoms with Crippen LogP contribution in [-0.2, 0) is 19.2 Å². The molecule has 8 heteroatoms. The van der Waals surface area contributed by atoms with Crippen LogP contribution in [0.15, 0.2) is 24.3 Å². The second kappa shape index (κ2) is 34.9. The number of carboxylic acid groups (broad SMARTS) is 2. The van der Waals surface area contributed by atoms with Crippen molar-refractivity contribution in [3.05, 3.63) is 24.3 Å². The standard InChI is InChI=1S/2C13H24.2C12H18O3.CH4.2ClH/c2*1-3-7-12(8-4-1)11-13-9-5-2-6-10-13;2*1-2-3-4-5-10-9(8-12(14)15)6-7-11(10)13;;;/h2*12-13H,1-11H2;2*3-4,9-10H,2,5-8H2,1H3,(H,14,15);1H4;2*1H/b;;2*4-3-;;;. The number of aliphatic carboxylic acids is 2. The number of rotatable bonds is 14. The Bertz CT molecular complexity index is 1040. The molecule has 0 bridgehead atoms. The smallest absolute Gasteiger partial charge is 0.303 e. The quantitative estimate of drug-likeness (QED) is 0.168. The largest absolute Gasteiger partial charge is 0.481 e. The van der Waals surface area contributed by atoms with Gasteiger partial charge < -0.3 is 10.2 Å². The maximum Gasteiger partial charge on any atom is 0.303 e. The van der Waals surface area contributed by atoms with Crippen LogP contribution in [0.2, 0.25) is 0 Å². The van der Waals surface area contributed by atoms with E-state index >= 15 is 0 Å². The van der Waals surface area contributed by atoms with Gasteiger partial charge in [-0.15, -0.1) is 24.8 Å². The summed E-state index contributed by atoms with van der Waals surface area (Å²) in [5, 5.41) is 17.4. The fourth-order valence-corrected chi connectivity index (χ4v) is 11.0. The molecule has 0 aliphatic heterocycles. The Kier molecular flexibility index (Phi) is 33.9. The SMILES string of the molecule is C.C1CCC(CC2CCCCC2)CC1.C1CCC(CC2CCCCC2)CC1.CC/C=C\CC1C(=O)CCC1CC(=O)O.CC/C=C\CC1C(=O)CCC1CC(=O)O.Cl.Cl. The summed E-state index contributed by atoms with van der Waals surface area (Å²) in [6, 6.07) is 0. The molecule has 0 heterocycles. The molecule has 0 aromatic carbocycles. The van der Waals surface area contributed by atoms with Crippen LogP contribution in [0.4, 0.5) is 0 Å². The maximum atomic E-state index is 11.5. The molecule has 2 N–H and O–H groups in total. The lowest BCUT2D eigenvalue weighted by Crippen LogP contribution is -2.17. The summed E-state index contributed by atoms with van der Waals surface area (Å²) < 4.78 is 0. The molecular formula is C51H90Cl2O6. The van der Waals surface area contributed by atoms with Gasteiger partial charge in [-0.3, -0.25) is 19.2 Å². The van der Waals surface area contributed by atoms with Crippen molar-refractivity contribution in [3.63, 3.8) is 0 Å². The van der Waals surface area contributed by atoms with Gasteiger partial charge in [0.2, 0.25) is 0 Å². The number of halogens is 2. The summed E-state index contributed by atoms with van der Waals surface area (Å²) >= 11 is 0. The van der Waals surface area contributed by atoms with E-state index in [1.165, 1.54) is 77.0 Å². The molecule has 0 saturated heterocycles. The first-order chi connectivity index (χ1) is 27.2. The van der Waals surface area contributed by atoms with Crippen LogP contribution >= 0.6 is 24.8 Å². The lowest BCUT2D eigenvalue weighted by Gasteiger charge is -2.28. The number of Topliss-reactive ketones (excluding diaryl/α,β-unsaturated/α-hetero) is 2. The highest BCUT2D eigenvalue weighted by Gasteiger charge is 2.35. The summed E-state index contributed by atoms with van der Waals surface area (Å²) in [6.07, 6.45) is 48.1. The maximum absolute atomic E-state index is 11.5. The van der Waals surface area contributed by atoms with Gasteiger partial charge in [-0.1, -0.05) is 174 Å². The van der Waals surface area contributed by atoms with Crippen molar-refractivity contribution in [1.29, 1.82) is 0 Å². The second-order valence-electron chi connectivity index (χ2n) is 18.7. The fraction of sp³-hybridized carbons (Fsp3) is 0.843. The van der Waals surface area contributed by atoms with Crippen molar-refractivity contribution in [1.82, 2.24) is 0 Å². The Morgan fingerprint density at radius 1 is 0.475 bits per heavy atom. The molecule has 59 heavy (non-hydrogen) atoms. The first-order valence-corrected chi connectivity index (χ1v) is 24.0. The zero-order chi connectivity index (χ0) is 40.4. The van der Waals surface area contributed by atoms with Crippen LogP contribution in [0, 0.1) is 47.3 Å². The zero-order valence-corrected chi connectivity index (χ0v) is 38.5. The lowest BCUT2D eigenvalue weighted by atomic mass is 9.78. The number of carbonyl (C=O) groups is 4. The average molecular weight is 870 g/mol. The van der Waals surface area contributed by atoms with E-state index in [2.05, 4.69) is 0 Å². The highest BCUT2D eigenvalue weighted by molar-refractivity contribution is 5.86. The number of carboxylic acids is 2. The van der Waals surface area contributed by atoms with Crippen molar-refractivity contribution in [2.75, 3.05) is 0 Å². The van der Waals surface area contributed by atoms with Crippen molar-refractivity contribution < 1.29 is 29.4 Å². The van der Waals surface area contributed by atoms with E-state index in [1.807, 2.05) is 38.2 Å². The van der Waals surface area contributed by atoms with E-state index in [9.17, 15) is 19.2 Å². The van der Waals surface area contributed by atoms with Crippen LogP contribution < -0.4 is 0 Å². The molecule has 6 rings (SSSR count).